The van der Waals surface area contributed by atoms with Gasteiger partial charge in [-0.2, -0.15) is 0 Å². The molecule has 0 atom stereocenters. The molecule has 0 saturated carbocycles. The van der Waals surface area contributed by atoms with Gasteiger partial charge in [-0.15, -0.1) is 0 Å². The van der Waals surface area contributed by atoms with Gasteiger partial charge in [0, 0.05) is 0 Å². The first-order valence-corrected chi connectivity index (χ1v) is 6.68. The van der Waals surface area contributed by atoms with Gasteiger partial charge < -0.3 is 10.5 Å². The van der Waals surface area contributed by atoms with Crippen molar-refractivity contribution < 1.29 is 9.53 Å². The molecule has 0 saturated heterocycles. The number of rotatable bonds is 4. The number of benzene rings is 2. The molecule has 0 aliphatic heterocycles. The molecule has 4 N–H and O–H groups in total. The lowest BCUT2D eigenvalue weighted by molar-refractivity contribution is -0.123. The Hall–Kier alpha value is -2.60. The van der Waals surface area contributed by atoms with Crippen molar-refractivity contribution in [3.05, 3.63) is 54.6 Å². The Kier molecular flexibility index (Phi) is 5.11. The minimum atomic E-state index is -0.366. The third kappa shape index (κ3) is 4.77. The van der Waals surface area contributed by atoms with Crippen molar-refractivity contribution in [3.63, 3.8) is 0 Å². The maximum Gasteiger partial charge on any atom is 0.276 e. The minimum Gasteiger partial charge on any atom is -0.484 e. The standard InChI is InChI=1S/C15H15N3O2S/c16-15(21)18-17-14(19)10-20-13-8-6-12(7-9-13)11-4-2-1-3-5-11/h1-9H,10H2,(H,17,19)(H3,16,18,21). The lowest BCUT2D eigenvalue weighted by atomic mass is 10.1. The van der Waals surface area contributed by atoms with Crippen LogP contribution in [0.1, 0.15) is 0 Å². The van der Waals surface area contributed by atoms with Crippen LogP contribution < -0.4 is 21.3 Å². The molecule has 108 valence electrons. The zero-order valence-corrected chi connectivity index (χ0v) is 12.0. The molecule has 2 aromatic rings. The molecule has 0 unspecified atom stereocenters. The lowest BCUT2D eigenvalue weighted by Crippen LogP contribution is -2.46. The molecular weight excluding hydrogens is 286 g/mol. The Balaban J connectivity index is 1.88. The molecule has 0 bridgehead atoms. The van der Waals surface area contributed by atoms with Gasteiger partial charge in [0.25, 0.3) is 5.91 Å². The number of ether oxygens (including phenoxy) is 1. The quantitative estimate of drug-likeness (QED) is 0.591. The second-order valence-electron chi connectivity index (χ2n) is 4.22. The van der Waals surface area contributed by atoms with E-state index in [1.54, 1.807) is 0 Å². The maximum absolute atomic E-state index is 11.4. The summed E-state index contributed by atoms with van der Waals surface area (Å²) in [5.74, 6) is 0.245. The molecule has 0 aliphatic rings. The van der Waals surface area contributed by atoms with E-state index in [2.05, 4.69) is 23.1 Å². The summed E-state index contributed by atoms with van der Waals surface area (Å²) < 4.78 is 5.35. The average Bonchev–Trinajstić information content (AvgIpc) is 2.52. The molecule has 2 rings (SSSR count). The van der Waals surface area contributed by atoms with Crippen LogP contribution in [-0.4, -0.2) is 17.6 Å². The predicted octanol–water partition coefficient (Wildman–Crippen LogP) is 1.60. The summed E-state index contributed by atoms with van der Waals surface area (Å²) in [6.07, 6.45) is 0. The smallest absolute Gasteiger partial charge is 0.276 e. The van der Waals surface area contributed by atoms with E-state index in [-0.39, 0.29) is 17.6 Å². The molecule has 1 amide bonds. The molecule has 0 heterocycles. The summed E-state index contributed by atoms with van der Waals surface area (Å²) in [4.78, 5) is 11.4. The zero-order chi connectivity index (χ0) is 15.1. The number of hydrogen-bond acceptors (Lipinski definition) is 3. The molecule has 6 heteroatoms. The van der Waals surface area contributed by atoms with Crippen LogP contribution in [0.15, 0.2) is 54.6 Å². The van der Waals surface area contributed by atoms with Crippen molar-refractivity contribution in [3.8, 4) is 16.9 Å². The summed E-state index contributed by atoms with van der Waals surface area (Å²) in [6.45, 7) is -0.125. The third-order valence-corrected chi connectivity index (χ3v) is 2.76. The summed E-state index contributed by atoms with van der Waals surface area (Å²) in [5.41, 5.74) is 12.0. The molecule has 0 spiro atoms. The number of carbonyl (C=O) groups excluding carboxylic acids is 1. The molecule has 0 fully saturated rings. The molecule has 2 aromatic carbocycles. The van der Waals surface area contributed by atoms with E-state index in [0.717, 1.165) is 11.1 Å². The monoisotopic (exact) mass is 301 g/mol. The second-order valence-corrected chi connectivity index (χ2v) is 4.66. The van der Waals surface area contributed by atoms with Crippen molar-refractivity contribution in [2.75, 3.05) is 6.61 Å². The van der Waals surface area contributed by atoms with Crippen LogP contribution in [0.5, 0.6) is 5.75 Å². The molecule has 0 aromatic heterocycles. The van der Waals surface area contributed by atoms with Gasteiger partial charge >= 0.3 is 0 Å². The molecule has 0 aliphatic carbocycles. The SMILES string of the molecule is NC(=S)NNC(=O)COc1ccc(-c2ccccc2)cc1. The largest absolute Gasteiger partial charge is 0.484 e. The second kappa shape index (κ2) is 7.25. The highest BCUT2D eigenvalue weighted by atomic mass is 32.1. The first-order valence-electron chi connectivity index (χ1n) is 6.28. The van der Waals surface area contributed by atoms with Gasteiger partial charge in [-0.05, 0) is 35.5 Å². The Morgan fingerprint density at radius 1 is 1.00 bits per heavy atom. The van der Waals surface area contributed by atoms with Crippen LogP contribution in [0.3, 0.4) is 0 Å². The highest BCUT2D eigenvalue weighted by Crippen LogP contribution is 2.21. The van der Waals surface area contributed by atoms with Crippen LogP contribution >= 0.6 is 12.2 Å². The number of hydrazine groups is 1. The van der Waals surface area contributed by atoms with Crippen molar-refractivity contribution in [1.29, 1.82) is 0 Å². The number of thiocarbonyl (C=S) groups is 1. The van der Waals surface area contributed by atoms with E-state index in [0.29, 0.717) is 5.75 Å². The first-order chi connectivity index (χ1) is 10.1. The van der Waals surface area contributed by atoms with E-state index in [1.165, 1.54) is 0 Å². The van der Waals surface area contributed by atoms with Crippen molar-refractivity contribution in [2.45, 2.75) is 0 Å². The molecule has 0 radical (unpaired) electrons. The molecule has 21 heavy (non-hydrogen) atoms. The zero-order valence-electron chi connectivity index (χ0n) is 11.2. The normalized spacial score (nSPS) is 9.71. The Morgan fingerprint density at radius 2 is 1.62 bits per heavy atom. The fraction of sp³-hybridized carbons (Fsp3) is 0.0667. The number of nitrogens with two attached hydrogens (primary N) is 1. The topological polar surface area (TPSA) is 76.4 Å². The molecule has 5 nitrogen and oxygen atoms in total. The van der Waals surface area contributed by atoms with Crippen LogP contribution in [0.2, 0.25) is 0 Å². The van der Waals surface area contributed by atoms with E-state index in [1.807, 2.05) is 54.6 Å². The summed E-state index contributed by atoms with van der Waals surface area (Å²) in [5, 5.41) is -0.00411. The fourth-order valence-corrected chi connectivity index (χ4v) is 1.74. The highest BCUT2D eigenvalue weighted by molar-refractivity contribution is 7.80. The van der Waals surface area contributed by atoms with Crippen molar-refractivity contribution >= 4 is 23.2 Å². The fourth-order valence-electron chi connectivity index (χ4n) is 1.69. The van der Waals surface area contributed by atoms with Crippen LogP contribution in [0.4, 0.5) is 0 Å². The summed E-state index contributed by atoms with van der Waals surface area (Å²) >= 11 is 4.56. The van der Waals surface area contributed by atoms with Crippen molar-refractivity contribution in [2.24, 2.45) is 5.73 Å². The Morgan fingerprint density at radius 3 is 2.24 bits per heavy atom. The van der Waals surface area contributed by atoms with Gasteiger partial charge in [-0.1, -0.05) is 42.5 Å². The van der Waals surface area contributed by atoms with Gasteiger partial charge in [-0.25, -0.2) is 0 Å². The third-order valence-electron chi connectivity index (χ3n) is 2.66. The number of nitrogens with one attached hydrogen (secondary N) is 2. The van der Waals surface area contributed by atoms with Gasteiger partial charge in [-0.3, -0.25) is 15.6 Å². The highest BCUT2D eigenvalue weighted by Gasteiger charge is 2.03. The first kappa shape index (κ1) is 14.8. The van der Waals surface area contributed by atoms with Gasteiger partial charge in [0.2, 0.25) is 0 Å². The lowest BCUT2D eigenvalue weighted by Gasteiger charge is -2.09. The predicted molar refractivity (Wildman–Crippen MR) is 85.4 cm³/mol. The van der Waals surface area contributed by atoms with Crippen LogP contribution in [0, 0.1) is 0 Å². The van der Waals surface area contributed by atoms with E-state index in [4.69, 9.17) is 10.5 Å². The summed E-state index contributed by atoms with van der Waals surface area (Å²) in [6, 6.07) is 17.5. The number of hydrogen-bond donors (Lipinski definition) is 3. The van der Waals surface area contributed by atoms with E-state index in [9.17, 15) is 4.79 Å². The van der Waals surface area contributed by atoms with Gasteiger partial charge in [0.1, 0.15) is 5.75 Å². The van der Waals surface area contributed by atoms with Crippen molar-refractivity contribution in [1.82, 2.24) is 10.9 Å². The average molecular weight is 301 g/mol. The maximum atomic E-state index is 11.4. The number of carbonyl (C=O) groups is 1. The number of amides is 1. The van der Waals surface area contributed by atoms with E-state index >= 15 is 0 Å². The van der Waals surface area contributed by atoms with Gasteiger partial charge in [0.15, 0.2) is 11.7 Å². The Bertz CT molecular complexity index is 615. The van der Waals surface area contributed by atoms with Crippen LogP contribution in [-0.2, 0) is 4.79 Å². The van der Waals surface area contributed by atoms with Crippen LogP contribution in [0.25, 0.3) is 11.1 Å². The summed E-state index contributed by atoms with van der Waals surface area (Å²) in [7, 11) is 0. The Labute approximate surface area is 128 Å². The van der Waals surface area contributed by atoms with Gasteiger partial charge in [0.05, 0.1) is 0 Å². The molecular formula is C15H15N3O2S. The minimum absolute atomic E-state index is 0.00411. The van der Waals surface area contributed by atoms with E-state index < -0.39 is 0 Å².